The van der Waals surface area contributed by atoms with Crippen molar-refractivity contribution in [3.8, 4) is 0 Å². The van der Waals surface area contributed by atoms with E-state index in [2.05, 4.69) is 30.2 Å². The first-order valence-corrected chi connectivity index (χ1v) is 15.6. The molecule has 0 aromatic carbocycles. The average molecular weight is 520 g/mol. The van der Waals surface area contributed by atoms with Gasteiger partial charge in [0.25, 0.3) is 0 Å². The summed E-state index contributed by atoms with van der Waals surface area (Å²) in [4.78, 5) is 12.0. The lowest BCUT2D eigenvalue weighted by molar-refractivity contribution is -0.812. The maximum absolute atomic E-state index is 12.0. The number of nitrogens with zero attached hydrogens (tertiary/aromatic N) is 1. The zero-order chi connectivity index (χ0) is 26.8. The molecule has 0 aromatic rings. The molecule has 0 fully saturated rings. The number of rotatable bonds is 22. The van der Waals surface area contributed by atoms with Crippen LogP contribution in [0.3, 0.4) is 0 Å². The molecule has 35 heavy (non-hydrogen) atoms. The average Bonchev–Trinajstić information content (AvgIpc) is 2.80. The third kappa shape index (κ3) is 29.4. The molecular weight excluding hydrogens is 462 g/mol. The van der Waals surface area contributed by atoms with Crippen LogP contribution in [0.2, 0.25) is 0 Å². The van der Waals surface area contributed by atoms with Crippen LogP contribution in [0, 0.1) is 0 Å². The molecular formula is C28H57NO5S. The highest BCUT2D eigenvalue weighted by Crippen LogP contribution is 2.13. The SMILES string of the molecule is CCCCCCCCC=CCCCCCCCCCCCC(=O)[N+](C)(C)CC.CCOS(=O)(=O)[O-]. The summed E-state index contributed by atoms with van der Waals surface area (Å²) in [6, 6.07) is 0. The van der Waals surface area contributed by atoms with E-state index in [-0.39, 0.29) is 6.61 Å². The van der Waals surface area contributed by atoms with E-state index in [0.717, 1.165) is 19.4 Å². The summed E-state index contributed by atoms with van der Waals surface area (Å²) in [6.07, 6.45) is 28.4. The predicted molar refractivity (Wildman–Crippen MR) is 147 cm³/mol. The Morgan fingerprint density at radius 2 is 1.11 bits per heavy atom. The van der Waals surface area contributed by atoms with Gasteiger partial charge in [0.05, 0.1) is 33.7 Å². The molecule has 6 nitrogen and oxygen atoms in total. The highest BCUT2D eigenvalue weighted by Gasteiger charge is 2.22. The van der Waals surface area contributed by atoms with Crippen molar-refractivity contribution < 1.29 is 26.4 Å². The molecule has 210 valence electrons. The Balaban J connectivity index is 0. The zero-order valence-electron chi connectivity index (χ0n) is 23.7. The van der Waals surface area contributed by atoms with E-state index >= 15 is 0 Å². The van der Waals surface area contributed by atoms with Crippen molar-refractivity contribution in [1.29, 1.82) is 0 Å². The molecule has 0 aliphatic heterocycles. The fraction of sp³-hybridized carbons (Fsp3) is 0.893. The normalized spacial score (nSPS) is 12.1. The van der Waals surface area contributed by atoms with Crippen LogP contribution in [0.5, 0.6) is 0 Å². The number of allylic oxidation sites excluding steroid dienone is 2. The van der Waals surface area contributed by atoms with Crippen LogP contribution in [0.1, 0.15) is 136 Å². The molecule has 0 N–H and O–H groups in total. The van der Waals surface area contributed by atoms with Crippen molar-refractivity contribution in [2.45, 2.75) is 136 Å². The Hall–Kier alpha value is -0.760. The van der Waals surface area contributed by atoms with Crippen molar-refractivity contribution >= 4 is 16.3 Å². The van der Waals surface area contributed by atoms with Crippen molar-refractivity contribution in [1.82, 2.24) is 0 Å². The lowest BCUT2D eigenvalue weighted by Gasteiger charge is -2.24. The number of hydrogen-bond donors (Lipinski definition) is 0. The zero-order valence-corrected chi connectivity index (χ0v) is 24.5. The van der Waals surface area contributed by atoms with Crippen LogP contribution < -0.4 is 0 Å². The monoisotopic (exact) mass is 519 g/mol. The summed E-state index contributed by atoms with van der Waals surface area (Å²) in [6.45, 7) is 6.60. The number of carbonyl (C=O) groups excluding carboxylic acids is 1. The summed E-state index contributed by atoms with van der Waals surface area (Å²) in [5.41, 5.74) is 0. The van der Waals surface area contributed by atoms with Gasteiger partial charge in [-0.25, -0.2) is 13.2 Å². The van der Waals surface area contributed by atoms with Gasteiger partial charge in [-0.15, -0.1) is 0 Å². The third-order valence-corrected chi connectivity index (χ3v) is 6.90. The van der Waals surface area contributed by atoms with Crippen molar-refractivity contribution in [3.63, 3.8) is 0 Å². The number of quaternary nitrogens is 1. The predicted octanol–water partition coefficient (Wildman–Crippen LogP) is 7.69. The van der Waals surface area contributed by atoms with Crippen molar-refractivity contribution in [2.75, 3.05) is 27.2 Å². The molecule has 0 atom stereocenters. The lowest BCUT2D eigenvalue weighted by atomic mass is 10.0. The van der Waals surface area contributed by atoms with Crippen LogP contribution in [0.25, 0.3) is 0 Å². The van der Waals surface area contributed by atoms with E-state index in [1.807, 2.05) is 14.1 Å². The van der Waals surface area contributed by atoms with Crippen molar-refractivity contribution in [3.05, 3.63) is 12.2 Å². The number of carbonyl (C=O) groups is 1. The van der Waals surface area contributed by atoms with Gasteiger partial charge in [-0.05, 0) is 46.0 Å². The summed E-state index contributed by atoms with van der Waals surface area (Å²) < 4.78 is 32.5. The summed E-state index contributed by atoms with van der Waals surface area (Å²) in [5, 5.41) is 0. The molecule has 0 heterocycles. The van der Waals surface area contributed by atoms with E-state index in [9.17, 15) is 17.8 Å². The molecule has 0 aliphatic carbocycles. The maximum atomic E-state index is 12.0. The van der Waals surface area contributed by atoms with Crippen LogP contribution in [-0.2, 0) is 19.4 Å². The van der Waals surface area contributed by atoms with Gasteiger partial charge < -0.3 is 4.55 Å². The van der Waals surface area contributed by atoms with Gasteiger partial charge >= 0.3 is 5.91 Å². The van der Waals surface area contributed by atoms with Crippen LogP contribution >= 0.6 is 0 Å². The number of unbranched alkanes of at least 4 members (excludes halogenated alkanes) is 15. The van der Waals surface area contributed by atoms with Gasteiger partial charge in [0.2, 0.25) is 10.4 Å². The Morgan fingerprint density at radius 3 is 1.46 bits per heavy atom. The van der Waals surface area contributed by atoms with Crippen LogP contribution in [0.15, 0.2) is 12.2 Å². The Labute approximate surface area is 218 Å². The first-order chi connectivity index (χ1) is 16.6. The minimum absolute atomic E-state index is 0.0914. The summed E-state index contributed by atoms with van der Waals surface area (Å²) in [7, 11) is -0.381. The summed E-state index contributed by atoms with van der Waals surface area (Å²) in [5.74, 6) is 0.392. The van der Waals surface area contributed by atoms with E-state index in [4.69, 9.17) is 0 Å². The molecule has 7 heteroatoms. The first kappa shape index (κ1) is 36.4. The standard InChI is InChI=1S/C26H52NO.C2H6O4S/c1-5-7-8-9-10-11-12-13-14-15-16-17-18-19-20-21-22-23-24-25-26(28)27(3,4)6-2;1-2-6-7(3,4)5/h13-14H,5-12,15-25H2,1-4H3;2H2,1H3,(H,3,4,5)/q+1;/p-1. The second-order valence-electron chi connectivity index (χ2n) is 9.96. The van der Waals surface area contributed by atoms with Gasteiger partial charge in [-0.1, -0.05) is 96.1 Å². The van der Waals surface area contributed by atoms with Gasteiger partial charge in [0.15, 0.2) is 0 Å². The van der Waals surface area contributed by atoms with E-state index in [1.165, 1.54) is 110 Å². The second kappa shape index (κ2) is 24.9. The fourth-order valence-electron chi connectivity index (χ4n) is 3.68. The largest absolute Gasteiger partial charge is 0.726 e. The van der Waals surface area contributed by atoms with Gasteiger partial charge in [-0.2, -0.15) is 0 Å². The minimum Gasteiger partial charge on any atom is -0.726 e. The van der Waals surface area contributed by atoms with E-state index < -0.39 is 10.4 Å². The molecule has 0 rings (SSSR count). The third-order valence-electron chi connectivity index (χ3n) is 6.38. The smallest absolute Gasteiger partial charge is 0.313 e. The fourth-order valence-corrected chi connectivity index (χ4v) is 3.97. The molecule has 0 saturated heterocycles. The Bertz CT molecular complexity index is 602. The molecule has 0 saturated carbocycles. The van der Waals surface area contributed by atoms with Crippen LogP contribution in [-0.4, -0.2) is 50.6 Å². The number of hydrogen-bond acceptors (Lipinski definition) is 5. The highest BCUT2D eigenvalue weighted by atomic mass is 32.3. The van der Waals surface area contributed by atoms with E-state index in [0.29, 0.717) is 10.4 Å². The lowest BCUT2D eigenvalue weighted by Crippen LogP contribution is -2.45. The Kier molecular flexibility index (Phi) is 25.9. The van der Waals surface area contributed by atoms with Gasteiger partial charge in [-0.3, -0.25) is 8.67 Å². The molecule has 0 bridgehead atoms. The van der Waals surface area contributed by atoms with Gasteiger partial charge in [0, 0.05) is 0 Å². The molecule has 1 amide bonds. The highest BCUT2D eigenvalue weighted by molar-refractivity contribution is 7.80. The molecule has 0 spiro atoms. The minimum atomic E-state index is -4.42. The topological polar surface area (TPSA) is 83.5 Å². The van der Waals surface area contributed by atoms with E-state index in [1.54, 1.807) is 0 Å². The molecule has 0 aliphatic rings. The summed E-state index contributed by atoms with van der Waals surface area (Å²) >= 11 is 0. The van der Waals surface area contributed by atoms with Crippen LogP contribution in [0.4, 0.5) is 0 Å². The molecule has 0 radical (unpaired) electrons. The van der Waals surface area contributed by atoms with Gasteiger partial charge in [0.1, 0.15) is 0 Å². The first-order valence-electron chi connectivity index (χ1n) is 14.2. The quantitative estimate of drug-likeness (QED) is 0.0481. The number of amides is 1. The molecule has 0 aromatic heterocycles. The Morgan fingerprint density at radius 1 is 0.714 bits per heavy atom. The van der Waals surface area contributed by atoms with Crippen molar-refractivity contribution in [2.24, 2.45) is 0 Å². The second-order valence-corrected chi connectivity index (χ2v) is 11.0. The molecule has 0 unspecified atom stereocenters. The maximum Gasteiger partial charge on any atom is 0.313 e.